The van der Waals surface area contributed by atoms with Crippen LogP contribution in [0, 0.1) is 10.7 Å². The van der Waals surface area contributed by atoms with Crippen molar-refractivity contribution in [1.29, 1.82) is 0 Å². The Labute approximate surface area is 140 Å². The summed E-state index contributed by atoms with van der Waals surface area (Å²) in [6.07, 6.45) is 1.04. The van der Waals surface area contributed by atoms with Gasteiger partial charge in [-0.1, -0.05) is 6.92 Å². The predicted octanol–water partition coefficient (Wildman–Crippen LogP) is 0.198. The molecule has 8 heteroatoms. The molecule has 2 aliphatic heterocycles. The summed E-state index contributed by atoms with van der Waals surface area (Å²) in [5.41, 5.74) is -0.898. The molecule has 0 saturated carbocycles. The molecule has 0 aromatic carbocycles. The van der Waals surface area contributed by atoms with Gasteiger partial charge < -0.3 is 14.6 Å². The number of aliphatic hydroxyl groups is 1. The van der Waals surface area contributed by atoms with Crippen LogP contribution in [0.5, 0.6) is 0 Å². The van der Waals surface area contributed by atoms with E-state index in [0.717, 1.165) is 0 Å². The van der Waals surface area contributed by atoms with Crippen LogP contribution in [-0.2, 0) is 42.2 Å². The summed E-state index contributed by atoms with van der Waals surface area (Å²) in [6.45, 7) is 2.30. The molecule has 2 saturated heterocycles. The first-order valence-electron chi connectivity index (χ1n) is 5.79. The topological polar surface area (TPSA) is 76.5 Å². The van der Waals surface area contributed by atoms with Gasteiger partial charge in [-0.25, -0.2) is 0 Å². The average molecular weight is 359 g/mol. The number of nitrogens with zero attached hydrogens (tertiary/aromatic N) is 1. The molecule has 1 unspecified atom stereocenters. The first-order chi connectivity index (χ1) is 8.57. The maximum Gasteiger partial charge on any atom is 0.251 e. The molecule has 0 amide bonds. The molecule has 1 radical (unpaired) electrons. The van der Waals surface area contributed by atoms with Gasteiger partial charge >= 0.3 is 0 Å². The van der Waals surface area contributed by atoms with E-state index in [2.05, 4.69) is 4.98 Å². The first kappa shape index (κ1) is 15.5. The number of hydrogen-bond acceptors (Lipinski definition) is 5. The van der Waals surface area contributed by atoms with Crippen molar-refractivity contribution in [3.05, 3.63) is 27.4 Å². The minimum Gasteiger partial charge on any atom is -0.393 e. The molecule has 2 bridgehead atoms. The molecule has 101 valence electrons. The van der Waals surface area contributed by atoms with Crippen molar-refractivity contribution in [2.24, 2.45) is 5.92 Å². The monoisotopic (exact) mass is 359 g/mol. The molecule has 2 fully saturated rings. The third-order valence-electron chi connectivity index (χ3n) is 3.87. The van der Waals surface area contributed by atoms with E-state index in [4.69, 9.17) is 21.7 Å². The SMILES string of the molecule is C[C@@H]1C2OC[C@]1(CO)O[C@H]2n1ccc(=O)[nH]c1=S.[Y]. The van der Waals surface area contributed by atoms with Crippen molar-refractivity contribution in [3.63, 3.8) is 0 Å². The fourth-order valence-electron chi connectivity index (χ4n) is 2.66. The van der Waals surface area contributed by atoms with Crippen molar-refractivity contribution >= 4 is 12.2 Å². The van der Waals surface area contributed by atoms with E-state index in [9.17, 15) is 9.90 Å². The number of aromatic amines is 1. The molecule has 6 nitrogen and oxygen atoms in total. The van der Waals surface area contributed by atoms with Gasteiger partial charge in [0.15, 0.2) is 11.0 Å². The van der Waals surface area contributed by atoms with Crippen LogP contribution in [0.4, 0.5) is 0 Å². The van der Waals surface area contributed by atoms with Gasteiger partial charge in [-0.15, -0.1) is 0 Å². The van der Waals surface area contributed by atoms with Crippen LogP contribution in [0.3, 0.4) is 0 Å². The molecular formula is C11H14N2O4SY. The van der Waals surface area contributed by atoms with Crippen molar-refractivity contribution in [1.82, 2.24) is 9.55 Å². The zero-order valence-corrected chi connectivity index (χ0v) is 14.1. The third kappa shape index (κ3) is 2.30. The minimum absolute atomic E-state index is 0. The Balaban J connectivity index is 0.00000133. The van der Waals surface area contributed by atoms with Crippen molar-refractivity contribution in [2.75, 3.05) is 13.2 Å². The Bertz CT molecular complexity index is 589. The van der Waals surface area contributed by atoms with Crippen LogP contribution < -0.4 is 5.56 Å². The van der Waals surface area contributed by atoms with Gasteiger partial charge in [-0.2, -0.15) is 0 Å². The molecule has 1 aromatic heterocycles. The second kappa shape index (κ2) is 5.46. The Morgan fingerprint density at radius 1 is 1.68 bits per heavy atom. The van der Waals surface area contributed by atoms with Gasteiger partial charge in [0.05, 0.1) is 13.2 Å². The average Bonchev–Trinajstić information content (AvgIpc) is 2.81. The summed E-state index contributed by atoms with van der Waals surface area (Å²) < 4.78 is 13.5. The van der Waals surface area contributed by atoms with Crippen LogP contribution in [0.1, 0.15) is 13.2 Å². The van der Waals surface area contributed by atoms with Crippen LogP contribution in [-0.4, -0.2) is 39.6 Å². The smallest absolute Gasteiger partial charge is 0.251 e. The molecule has 19 heavy (non-hydrogen) atoms. The summed E-state index contributed by atoms with van der Waals surface area (Å²) in [7, 11) is 0. The molecule has 2 aliphatic rings. The number of H-pyrrole nitrogens is 1. The van der Waals surface area contributed by atoms with Crippen molar-refractivity contribution in [3.8, 4) is 0 Å². The van der Waals surface area contributed by atoms with E-state index in [1.807, 2.05) is 6.92 Å². The fraction of sp³-hybridized carbons (Fsp3) is 0.636. The van der Waals surface area contributed by atoms with E-state index in [0.29, 0.717) is 11.4 Å². The number of rotatable bonds is 2. The number of hydrogen-bond donors (Lipinski definition) is 2. The third-order valence-corrected chi connectivity index (χ3v) is 4.19. The molecule has 2 N–H and O–H groups in total. The first-order valence-corrected chi connectivity index (χ1v) is 6.20. The molecule has 4 atom stereocenters. The van der Waals surface area contributed by atoms with Crippen LogP contribution in [0.25, 0.3) is 0 Å². The molecule has 3 rings (SSSR count). The zero-order valence-electron chi connectivity index (χ0n) is 10.4. The number of ether oxygens (including phenoxy) is 2. The van der Waals surface area contributed by atoms with Crippen molar-refractivity contribution < 1.29 is 47.3 Å². The van der Waals surface area contributed by atoms with Crippen LogP contribution >= 0.6 is 12.2 Å². The van der Waals surface area contributed by atoms with Gasteiger partial charge in [-0.3, -0.25) is 14.3 Å². The quantitative estimate of drug-likeness (QED) is 0.738. The summed E-state index contributed by atoms with van der Waals surface area (Å²) in [6, 6.07) is 1.39. The van der Waals surface area contributed by atoms with Gasteiger partial charge in [0.25, 0.3) is 5.56 Å². The van der Waals surface area contributed by atoms with Crippen LogP contribution in [0.2, 0.25) is 0 Å². The van der Waals surface area contributed by atoms with E-state index >= 15 is 0 Å². The molecule has 0 aliphatic carbocycles. The van der Waals surface area contributed by atoms with Crippen LogP contribution in [0.15, 0.2) is 17.1 Å². The number of nitrogens with one attached hydrogen (secondary N) is 1. The predicted molar refractivity (Wildman–Crippen MR) is 64.7 cm³/mol. The van der Waals surface area contributed by atoms with Gasteiger partial charge in [0, 0.05) is 50.9 Å². The second-order valence-corrected chi connectivity index (χ2v) is 5.20. The molecule has 3 heterocycles. The maximum atomic E-state index is 11.2. The van der Waals surface area contributed by atoms with Crippen molar-refractivity contribution in [2.45, 2.75) is 24.9 Å². The standard InChI is InChI=1S/C11H14N2O4S.Y/c1-6-8-9(17-11(6,4-14)5-16-8)13-3-2-7(15)12-10(13)18;/h2-3,6,8-9,14H,4-5H2,1H3,(H,12,15,18);/t6-,8?,9-,11+;/m1./s1. The van der Waals surface area contributed by atoms with Gasteiger partial charge in [0.1, 0.15) is 11.7 Å². The fourth-order valence-corrected chi connectivity index (χ4v) is 2.93. The van der Waals surface area contributed by atoms with Gasteiger partial charge in [-0.05, 0) is 12.2 Å². The van der Waals surface area contributed by atoms with E-state index < -0.39 is 11.8 Å². The maximum absolute atomic E-state index is 11.2. The summed E-state index contributed by atoms with van der Waals surface area (Å²) in [5.74, 6) is 0.0846. The number of aliphatic hydroxyl groups excluding tert-OH is 1. The van der Waals surface area contributed by atoms with E-state index in [-0.39, 0.29) is 56.9 Å². The van der Waals surface area contributed by atoms with E-state index in [1.54, 1.807) is 10.8 Å². The minimum atomic E-state index is -0.653. The van der Waals surface area contributed by atoms with Gasteiger partial charge in [0.2, 0.25) is 0 Å². The normalized spacial score (nSPS) is 36.2. The number of fused-ring (bicyclic) bond motifs is 2. The largest absolute Gasteiger partial charge is 0.393 e. The Morgan fingerprint density at radius 2 is 2.42 bits per heavy atom. The Morgan fingerprint density at radius 3 is 3.00 bits per heavy atom. The Hall–Kier alpha value is 0.0839. The Kier molecular flexibility index (Phi) is 4.45. The summed E-state index contributed by atoms with van der Waals surface area (Å²) in [4.78, 5) is 13.7. The summed E-state index contributed by atoms with van der Waals surface area (Å²) >= 11 is 5.11. The van der Waals surface area contributed by atoms with E-state index in [1.165, 1.54) is 6.07 Å². The zero-order chi connectivity index (χ0) is 12.9. The molecule has 1 aromatic rings. The second-order valence-electron chi connectivity index (χ2n) is 4.81. The summed E-state index contributed by atoms with van der Waals surface area (Å²) in [5, 5.41) is 9.49. The number of aromatic nitrogens is 2. The molecular weight excluding hydrogens is 345 g/mol. The molecule has 0 spiro atoms.